The van der Waals surface area contributed by atoms with Crippen molar-refractivity contribution in [3.63, 3.8) is 0 Å². The standard InChI is InChI=1S/C19H20N4O/c1-2-6-16(7-3-1)18-21-19(24-22-18)17-8-11-23(12-9-17)14-15-5-4-10-20-13-15/h1-7,10,13,17H,8-9,11-12,14H2. The van der Waals surface area contributed by atoms with Crippen LogP contribution in [0.5, 0.6) is 0 Å². The van der Waals surface area contributed by atoms with Gasteiger partial charge in [0.15, 0.2) is 0 Å². The molecule has 5 heteroatoms. The molecule has 3 aromatic rings. The molecule has 1 saturated heterocycles. The van der Waals surface area contributed by atoms with E-state index < -0.39 is 0 Å². The molecular weight excluding hydrogens is 300 g/mol. The minimum absolute atomic E-state index is 0.361. The fourth-order valence-electron chi connectivity index (χ4n) is 3.19. The van der Waals surface area contributed by atoms with Crippen LogP contribution in [0.25, 0.3) is 11.4 Å². The van der Waals surface area contributed by atoms with Crippen molar-refractivity contribution in [2.75, 3.05) is 13.1 Å². The van der Waals surface area contributed by atoms with Gasteiger partial charge in [-0.1, -0.05) is 41.6 Å². The molecule has 0 amide bonds. The van der Waals surface area contributed by atoms with E-state index in [0.717, 1.165) is 43.9 Å². The molecule has 0 atom stereocenters. The van der Waals surface area contributed by atoms with Crippen molar-refractivity contribution in [1.29, 1.82) is 0 Å². The SMILES string of the molecule is c1ccc(-c2noc(C3CCN(Cc4cccnc4)CC3)n2)cc1. The maximum atomic E-state index is 5.52. The first-order chi connectivity index (χ1) is 11.9. The molecule has 122 valence electrons. The molecule has 1 aliphatic rings. The fraction of sp³-hybridized carbons (Fsp3) is 0.316. The molecule has 1 aliphatic heterocycles. The van der Waals surface area contributed by atoms with Gasteiger partial charge in [-0.15, -0.1) is 0 Å². The minimum atomic E-state index is 0.361. The third-order valence-electron chi connectivity index (χ3n) is 4.54. The molecular formula is C19H20N4O. The van der Waals surface area contributed by atoms with E-state index in [1.165, 1.54) is 5.56 Å². The van der Waals surface area contributed by atoms with E-state index in [1.807, 2.05) is 48.8 Å². The van der Waals surface area contributed by atoms with E-state index in [9.17, 15) is 0 Å². The smallest absolute Gasteiger partial charge is 0.230 e. The quantitative estimate of drug-likeness (QED) is 0.736. The zero-order valence-corrected chi connectivity index (χ0v) is 13.5. The maximum Gasteiger partial charge on any atom is 0.230 e. The number of benzene rings is 1. The Morgan fingerprint density at radius 2 is 1.88 bits per heavy atom. The lowest BCUT2D eigenvalue weighted by molar-refractivity contribution is 0.187. The first kappa shape index (κ1) is 15.0. The summed E-state index contributed by atoms with van der Waals surface area (Å²) in [6.45, 7) is 3.05. The predicted octanol–water partition coefficient (Wildman–Crippen LogP) is 3.51. The Morgan fingerprint density at radius 3 is 2.62 bits per heavy atom. The third-order valence-corrected chi connectivity index (χ3v) is 4.54. The van der Waals surface area contributed by atoms with Gasteiger partial charge in [-0.3, -0.25) is 9.88 Å². The van der Waals surface area contributed by atoms with E-state index in [2.05, 4.69) is 26.1 Å². The molecule has 0 bridgehead atoms. The summed E-state index contributed by atoms with van der Waals surface area (Å²) >= 11 is 0. The van der Waals surface area contributed by atoms with Crippen molar-refractivity contribution < 1.29 is 4.52 Å². The van der Waals surface area contributed by atoms with Gasteiger partial charge in [-0.25, -0.2) is 0 Å². The number of pyridine rings is 1. The zero-order chi connectivity index (χ0) is 16.2. The Hall–Kier alpha value is -2.53. The largest absolute Gasteiger partial charge is 0.339 e. The van der Waals surface area contributed by atoms with Crippen LogP contribution in [0.2, 0.25) is 0 Å². The van der Waals surface area contributed by atoms with Crippen LogP contribution in [-0.2, 0) is 6.54 Å². The molecule has 0 radical (unpaired) electrons. The van der Waals surface area contributed by atoms with Gasteiger partial charge < -0.3 is 4.52 Å². The second-order valence-electron chi connectivity index (χ2n) is 6.23. The molecule has 2 aromatic heterocycles. The Morgan fingerprint density at radius 1 is 1.04 bits per heavy atom. The first-order valence-electron chi connectivity index (χ1n) is 8.39. The Balaban J connectivity index is 1.37. The third kappa shape index (κ3) is 3.36. The summed E-state index contributed by atoms with van der Waals surface area (Å²) < 4.78 is 5.52. The van der Waals surface area contributed by atoms with Crippen LogP contribution < -0.4 is 0 Å². The molecule has 0 aliphatic carbocycles. The highest BCUT2D eigenvalue weighted by molar-refractivity contribution is 5.53. The monoisotopic (exact) mass is 320 g/mol. The van der Waals surface area contributed by atoms with E-state index in [-0.39, 0.29) is 0 Å². The van der Waals surface area contributed by atoms with Gasteiger partial charge in [-0.05, 0) is 37.6 Å². The fourth-order valence-corrected chi connectivity index (χ4v) is 3.19. The van der Waals surface area contributed by atoms with Crippen LogP contribution in [0.4, 0.5) is 0 Å². The first-order valence-corrected chi connectivity index (χ1v) is 8.39. The summed E-state index contributed by atoms with van der Waals surface area (Å²) in [5, 5.41) is 4.14. The van der Waals surface area contributed by atoms with Gasteiger partial charge in [0, 0.05) is 30.4 Å². The van der Waals surface area contributed by atoms with Gasteiger partial charge in [0.2, 0.25) is 11.7 Å². The number of rotatable bonds is 4. The van der Waals surface area contributed by atoms with Crippen molar-refractivity contribution in [3.05, 3.63) is 66.3 Å². The summed E-state index contributed by atoms with van der Waals surface area (Å²) in [5.41, 5.74) is 2.27. The molecule has 5 nitrogen and oxygen atoms in total. The average Bonchev–Trinajstić information content (AvgIpc) is 3.14. The number of aromatic nitrogens is 3. The number of piperidine rings is 1. The number of nitrogens with zero attached hydrogens (tertiary/aromatic N) is 4. The minimum Gasteiger partial charge on any atom is -0.339 e. The van der Waals surface area contributed by atoms with Crippen molar-refractivity contribution in [2.45, 2.75) is 25.3 Å². The molecule has 4 rings (SSSR count). The van der Waals surface area contributed by atoms with Gasteiger partial charge in [0.05, 0.1) is 0 Å². The van der Waals surface area contributed by atoms with E-state index >= 15 is 0 Å². The van der Waals surface area contributed by atoms with Crippen LogP contribution in [-0.4, -0.2) is 33.1 Å². The van der Waals surface area contributed by atoms with Crippen LogP contribution in [0.3, 0.4) is 0 Å². The van der Waals surface area contributed by atoms with Crippen molar-refractivity contribution in [2.24, 2.45) is 0 Å². The van der Waals surface area contributed by atoms with Gasteiger partial charge >= 0.3 is 0 Å². The summed E-state index contributed by atoms with van der Waals surface area (Å²) in [4.78, 5) is 11.3. The second kappa shape index (κ2) is 6.93. The normalized spacial score (nSPS) is 16.3. The number of hydrogen-bond acceptors (Lipinski definition) is 5. The second-order valence-corrected chi connectivity index (χ2v) is 6.23. The van der Waals surface area contributed by atoms with Crippen molar-refractivity contribution >= 4 is 0 Å². The highest BCUT2D eigenvalue weighted by Gasteiger charge is 2.25. The Bertz CT molecular complexity index is 764. The van der Waals surface area contributed by atoms with E-state index in [1.54, 1.807) is 0 Å². The van der Waals surface area contributed by atoms with Crippen LogP contribution in [0, 0.1) is 0 Å². The van der Waals surface area contributed by atoms with Crippen LogP contribution in [0.15, 0.2) is 59.4 Å². The average molecular weight is 320 g/mol. The van der Waals surface area contributed by atoms with Crippen molar-refractivity contribution in [1.82, 2.24) is 20.0 Å². The summed E-state index contributed by atoms with van der Waals surface area (Å²) in [5.74, 6) is 1.82. The number of likely N-dealkylation sites (tertiary alicyclic amines) is 1. The Labute approximate surface area is 141 Å². The molecule has 0 unspecified atom stereocenters. The molecule has 1 aromatic carbocycles. The lowest BCUT2D eigenvalue weighted by Gasteiger charge is -2.30. The topological polar surface area (TPSA) is 55.1 Å². The predicted molar refractivity (Wildman–Crippen MR) is 91.2 cm³/mol. The van der Waals surface area contributed by atoms with Crippen molar-refractivity contribution in [3.8, 4) is 11.4 Å². The molecule has 1 fully saturated rings. The van der Waals surface area contributed by atoms with E-state index in [4.69, 9.17) is 4.52 Å². The zero-order valence-electron chi connectivity index (χ0n) is 13.5. The maximum absolute atomic E-state index is 5.52. The lowest BCUT2D eigenvalue weighted by atomic mass is 9.96. The summed E-state index contributed by atoms with van der Waals surface area (Å²) in [6.07, 6.45) is 5.86. The van der Waals surface area contributed by atoms with Crippen LogP contribution in [0.1, 0.15) is 30.2 Å². The summed E-state index contributed by atoms with van der Waals surface area (Å²) in [7, 11) is 0. The van der Waals surface area contributed by atoms with Crippen LogP contribution >= 0.6 is 0 Å². The lowest BCUT2D eigenvalue weighted by Crippen LogP contribution is -2.32. The molecule has 0 saturated carbocycles. The summed E-state index contributed by atoms with van der Waals surface area (Å²) in [6, 6.07) is 14.1. The Kier molecular flexibility index (Phi) is 4.34. The molecule has 24 heavy (non-hydrogen) atoms. The van der Waals surface area contributed by atoms with Gasteiger partial charge in [0.1, 0.15) is 0 Å². The molecule has 0 N–H and O–H groups in total. The van der Waals surface area contributed by atoms with Gasteiger partial charge in [0.25, 0.3) is 0 Å². The van der Waals surface area contributed by atoms with Gasteiger partial charge in [-0.2, -0.15) is 4.98 Å². The highest BCUT2D eigenvalue weighted by Crippen LogP contribution is 2.29. The molecule has 0 spiro atoms. The van der Waals surface area contributed by atoms with E-state index in [0.29, 0.717) is 11.7 Å². The molecule has 3 heterocycles. The highest BCUT2D eigenvalue weighted by atomic mass is 16.5. The number of hydrogen-bond donors (Lipinski definition) is 0.